The van der Waals surface area contributed by atoms with E-state index in [1.807, 2.05) is 39.0 Å². The standard InChI is InChI=1S/C14H21O3PS/c1-4-15-18(16-5-2)17-11-13(3)12-19-14-9-7-6-8-10-14/h6-10,12H,4-5,11H2,1-3H3/b13-12-. The van der Waals surface area contributed by atoms with Gasteiger partial charge in [-0.15, -0.1) is 0 Å². The van der Waals surface area contributed by atoms with E-state index in [1.165, 1.54) is 4.90 Å². The third-order valence-electron chi connectivity index (χ3n) is 2.01. The van der Waals surface area contributed by atoms with Crippen LogP contribution in [0.1, 0.15) is 20.8 Å². The zero-order valence-electron chi connectivity index (χ0n) is 11.7. The Kier molecular flexibility index (Phi) is 9.14. The highest BCUT2D eigenvalue weighted by Gasteiger charge is 2.10. The predicted molar refractivity (Wildman–Crippen MR) is 82.2 cm³/mol. The van der Waals surface area contributed by atoms with E-state index in [1.54, 1.807) is 11.8 Å². The number of hydrogen-bond acceptors (Lipinski definition) is 4. The first-order valence-electron chi connectivity index (χ1n) is 6.32. The van der Waals surface area contributed by atoms with Crippen LogP contribution in [0.3, 0.4) is 0 Å². The van der Waals surface area contributed by atoms with Crippen LogP contribution in [0.15, 0.2) is 46.2 Å². The Balaban J connectivity index is 2.34. The fourth-order valence-electron chi connectivity index (χ4n) is 1.18. The molecule has 0 unspecified atom stereocenters. The van der Waals surface area contributed by atoms with Gasteiger partial charge in [0.05, 0.1) is 19.8 Å². The Labute approximate surface area is 121 Å². The number of rotatable bonds is 9. The molecule has 3 nitrogen and oxygen atoms in total. The van der Waals surface area contributed by atoms with E-state index < -0.39 is 8.60 Å². The van der Waals surface area contributed by atoms with Crippen LogP contribution in [0.4, 0.5) is 0 Å². The van der Waals surface area contributed by atoms with Crippen LogP contribution < -0.4 is 0 Å². The number of benzene rings is 1. The Morgan fingerprint density at radius 1 is 1.11 bits per heavy atom. The fraction of sp³-hybridized carbons (Fsp3) is 0.429. The molecule has 0 aliphatic carbocycles. The van der Waals surface area contributed by atoms with E-state index in [-0.39, 0.29) is 0 Å². The summed E-state index contributed by atoms with van der Waals surface area (Å²) in [6, 6.07) is 10.3. The van der Waals surface area contributed by atoms with Crippen LogP contribution in [0, 0.1) is 0 Å². The lowest BCUT2D eigenvalue weighted by molar-refractivity contribution is 0.179. The smallest absolute Gasteiger partial charge is 0.313 e. The van der Waals surface area contributed by atoms with Crippen molar-refractivity contribution >= 4 is 20.4 Å². The molecule has 0 fully saturated rings. The molecule has 5 heteroatoms. The summed E-state index contributed by atoms with van der Waals surface area (Å²) in [6.45, 7) is 7.66. The van der Waals surface area contributed by atoms with Gasteiger partial charge in [-0.05, 0) is 43.9 Å². The zero-order valence-corrected chi connectivity index (χ0v) is 13.4. The minimum absolute atomic E-state index is 0.533. The maximum Gasteiger partial charge on any atom is 0.332 e. The molecule has 0 bridgehead atoms. The molecule has 0 atom stereocenters. The second kappa shape index (κ2) is 10.4. The molecule has 0 aromatic heterocycles. The third kappa shape index (κ3) is 7.71. The summed E-state index contributed by atoms with van der Waals surface area (Å²) in [5.74, 6) is 0. The van der Waals surface area contributed by atoms with Crippen LogP contribution in [0.25, 0.3) is 0 Å². The number of hydrogen-bond donors (Lipinski definition) is 0. The average molecular weight is 300 g/mol. The summed E-state index contributed by atoms with van der Waals surface area (Å²) in [7, 11) is -1.21. The molecule has 1 aromatic carbocycles. The van der Waals surface area contributed by atoms with Crippen molar-refractivity contribution in [2.75, 3.05) is 19.8 Å². The largest absolute Gasteiger partial charge is 0.332 e. The van der Waals surface area contributed by atoms with Crippen molar-refractivity contribution in [3.05, 3.63) is 41.3 Å². The predicted octanol–water partition coefficient (Wildman–Crippen LogP) is 5.00. The molecule has 19 heavy (non-hydrogen) atoms. The highest BCUT2D eigenvalue weighted by atomic mass is 32.2. The van der Waals surface area contributed by atoms with Crippen LogP contribution in [0.2, 0.25) is 0 Å². The van der Waals surface area contributed by atoms with Gasteiger partial charge in [0.1, 0.15) is 0 Å². The molecule has 0 saturated carbocycles. The summed E-state index contributed by atoms with van der Waals surface area (Å²) < 4.78 is 16.4. The van der Waals surface area contributed by atoms with Gasteiger partial charge in [-0.25, -0.2) is 0 Å². The van der Waals surface area contributed by atoms with Gasteiger partial charge in [-0.2, -0.15) is 0 Å². The SMILES string of the molecule is CCOP(OCC)OC/C(C)=C\Sc1ccccc1. The maximum absolute atomic E-state index is 5.61. The van der Waals surface area contributed by atoms with E-state index in [0.717, 1.165) is 5.57 Å². The zero-order chi connectivity index (χ0) is 13.9. The monoisotopic (exact) mass is 300 g/mol. The first-order chi connectivity index (χ1) is 9.26. The van der Waals surface area contributed by atoms with Crippen LogP contribution in [0.5, 0.6) is 0 Å². The first kappa shape index (κ1) is 16.7. The third-order valence-corrected chi connectivity index (χ3v) is 4.35. The van der Waals surface area contributed by atoms with Gasteiger partial charge in [0.2, 0.25) is 0 Å². The van der Waals surface area contributed by atoms with Gasteiger partial charge in [0, 0.05) is 4.90 Å². The summed E-state index contributed by atoms with van der Waals surface area (Å²) in [5, 5.41) is 2.10. The van der Waals surface area contributed by atoms with Crippen molar-refractivity contribution in [1.29, 1.82) is 0 Å². The van der Waals surface area contributed by atoms with Gasteiger partial charge in [0.25, 0.3) is 0 Å². The molecule has 0 heterocycles. The normalized spacial score (nSPS) is 12.1. The Morgan fingerprint density at radius 3 is 2.32 bits per heavy atom. The highest BCUT2D eigenvalue weighted by molar-refractivity contribution is 8.02. The second-order valence-corrected chi connectivity index (χ2v) is 5.89. The summed E-state index contributed by atoms with van der Waals surface area (Å²) >= 11 is 1.69. The molecule has 0 radical (unpaired) electrons. The minimum Gasteiger partial charge on any atom is -0.313 e. The lowest BCUT2D eigenvalue weighted by Gasteiger charge is -2.14. The minimum atomic E-state index is -1.21. The van der Waals surface area contributed by atoms with Crippen LogP contribution >= 0.6 is 20.4 Å². The van der Waals surface area contributed by atoms with E-state index >= 15 is 0 Å². The first-order valence-corrected chi connectivity index (χ1v) is 8.30. The molecule has 1 rings (SSSR count). The van der Waals surface area contributed by atoms with Crippen molar-refractivity contribution in [1.82, 2.24) is 0 Å². The van der Waals surface area contributed by atoms with Crippen molar-refractivity contribution in [2.45, 2.75) is 25.7 Å². The number of thioether (sulfide) groups is 1. The molecule has 0 aliphatic heterocycles. The van der Waals surface area contributed by atoms with Gasteiger partial charge in [-0.1, -0.05) is 30.0 Å². The van der Waals surface area contributed by atoms with E-state index in [0.29, 0.717) is 19.8 Å². The van der Waals surface area contributed by atoms with Crippen LogP contribution in [-0.4, -0.2) is 19.8 Å². The molecule has 1 aromatic rings. The van der Waals surface area contributed by atoms with Gasteiger partial charge >= 0.3 is 8.60 Å². The Hall–Kier alpha value is -0.380. The van der Waals surface area contributed by atoms with Crippen molar-refractivity contribution < 1.29 is 13.6 Å². The molecule has 0 aliphatic rings. The van der Waals surface area contributed by atoms with E-state index in [9.17, 15) is 0 Å². The summed E-state index contributed by atoms with van der Waals surface area (Å²) in [6.07, 6.45) is 0. The molecule has 0 N–H and O–H groups in total. The van der Waals surface area contributed by atoms with Crippen molar-refractivity contribution in [3.63, 3.8) is 0 Å². The van der Waals surface area contributed by atoms with Crippen molar-refractivity contribution in [3.8, 4) is 0 Å². The van der Waals surface area contributed by atoms with E-state index in [2.05, 4.69) is 17.5 Å². The second-order valence-electron chi connectivity index (χ2n) is 3.73. The summed E-state index contributed by atoms with van der Waals surface area (Å²) in [5.41, 5.74) is 1.15. The van der Waals surface area contributed by atoms with Crippen LogP contribution in [-0.2, 0) is 13.6 Å². The Morgan fingerprint density at radius 2 is 1.74 bits per heavy atom. The molecule has 0 spiro atoms. The van der Waals surface area contributed by atoms with Gasteiger partial charge in [-0.3, -0.25) is 0 Å². The lowest BCUT2D eigenvalue weighted by Crippen LogP contribution is -1.97. The summed E-state index contributed by atoms with van der Waals surface area (Å²) in [4.78, 5) is 1.22. The molecule has 0 saturated heterocycles. The van der Waals surface area contributed by atoms with Crippen molar-refractivity contribution in [2.24, 2.45) is 0 Å². The quantitative estimate of drug-likeness (QED) is 0.474. The van der Waals surface area contributed by atoms with Gasteiger partial charge < -0.3 is 13.6 Å². The highest BCUT2D eigenvalue weighted by Crippen LogP contribution is 2.39. The van der Waals surface area contributed by atoms with E-state index in [4.69, 9.17) is 13.6 Å². The maximum atomic E-state index is 5.61. The molecular weight excluding hydrogens is 279 g/mol. The molecule has 106 valence electrons. The average Bonchev–Trinajstić information content (AvgIpc) is 2.44. The molecule has 0 amide bonds. The fourth-order valence-corrected chi connectivity index (χ4v) is 2.85. The lowest BCUT2D eigenvalue weighted by atomic mass is 10.4. The van der Waals surface area contributed by atoms with Gasteiger partial charge in [0.15, 0.2) is 0 Å². The molecular formula is C14H21O3PS. The topological polar surface area (TPSA) is 27.7 Å². The Bertz CT molecular complexity index is 364.